The molecular formula is C22H26NO2S+. The lowest BCUT2D eigenvalue weighted by Crippen LogP contribution is -3.11. The molecule has 0 saturated carbocycles. The predicted octanol–water partition coefficient (Wildman–Crippen LogP) is 3.93. The first-order valence-electron chi connectivity index (χ1n) is 9.18. The second-order valence-corrected chi connectivity index (χ2v) is 8.25. The number of thiophene rings is 1. The van der Waals surface area contributed by atoms with Gasteiger partial charge >= 0.3 is 0 Å². The Morgan fingerprint density at radius 3 is 2.58 bits per heavy atom. The molecule has 0 fully saturated rings. The quantitative estimate of drug-likeness (QED) is 0.754. The maximum Gasteiger partial charge on any atom is 0.161 e. The van der Waals surface area contributed by atoms with Crippen molar-refractivity contribution in [2.45, 2.75) is 32.9 Å². The smallest absolute Gasteiger partial charge is 0.161 e. The summed E-state index contributed by atoms with van der Waals surface area (Å²) < 4.78 is 12.4. The molecule has 1 aliphatic heterocycles. The number of methoxy groups -OCH3 is 2. The van der Waals surface area contributed by atoms with Crippen LogP contribution in [0.2, 0.25) is 0 Å². The number of nitrogens with one attached hydrogen (secondary N) is 1. The van der Waals surface area contributed by atoms with Crippen molar-refractivity contribution in [1.29, 1.82) is 0 Å². The highest BCUT2D eigenvalue weighted by molar-refractivity contribution is 7.19. The molecule has 1 N–H and O–H groups in total. The number of benzene rings is 2. The molecule has 3 aromatic rings. The van der Waals surface area contributed by atoms with E-state index in [1.165, 1.54) is 31.7 Å². The van der Waals surface area contributed by atoms with Crippen molar-refractivity contribution < 1.29 is 14.4 Å². The lowest BCUT2D eigenvalue weighted by Gasteiger charge is -2.32. The van der Waals surface area contributed by atoms with Gasteiger partial charge in [-0.3, -0.25) is 0 Å². The number of quaternary nitrogens is 1. The van der Waals surface area contributed by atoms with Crippen molar-refractivity contribution in [3.63, 3.8) is 0 Å². The first-order chi connectivity index (χ1) is 12.6. The number of hydrogen-bond donors (Lipinski definition) is 1. The fraction of sp³-hybridized carbons (Fsp3) is 0.364. The van der Waals surface area contributed by atoms with E-state index in [-0.39, 0.29) is 0 Å². The van der Waals surface area contributed by atoms with Crippen LogP contribution in [0.1, 0.15) is 34.5 Å². The van der Waals surface area contributed by atoms with Crippen molar-refractivity contribution in [1.82, 2.24) is 0 Å². The number of rotatable bonds is 4. The van der Waals surface area contributed by atoms with Gasteiger partial charge in [0.1, 0.15) is 12.6 Å². The summed E-state index contributed by atoms with van der Waals surface area (Å²) in [5, 5.41) is 1.41. The Labute approximate surface area is 159 Å². The summed E-state index contributed by atoms with van der Waals surface area (Å²) >= 11 is 1.95. The second kappa shape index (κ2) is 6.93. The van der Waals surface area contributed by atoms with Gasteiger partial charge in [0.05, 0.1) is 25.6 Å². The molecule has 0 aliphatic carbocycles. The standard InChI is InChI=1S/C22H25NO2S/c1-14-17-7-5-6-8-21(17)26-22(14)13-23-10-9-16-11-19(24-3)20(25-4)12-18(16)15(23)2/h5-8,11-12,15H,9-10,13H2,1-4H3/p+1/t15-/m1/s1. The highest BCUT2D eigenvalue weighted by Gasteiger charge is 2.30. The molecule has 4 heteroatoms. The molecule has 4 rings (SSSR count). The van der Waals surface area contributed by atoms with Crippen LogP contribution in [0.3, 0.4) is 0 Å². The van der Waals surface area contributed by atoms with Crippen molar-refractivity contribution in [2.75, 3.05) is 20.8 Å². The first-order valence-corrected chi connectivity index (χ1v) is 10.0. The third kappa shape index (κ3) is 2.87. The normalized spacial score (nSPS) is 19.4. The van der Waals surface area contributed by atoms with Crippen LogP contribution in [-0.4, -0.2) is 20.8 Å². The van der Waals surface area contributed by atoms with Crippen molar-refractivity contribution in [3.8, 4) is 11.5 Å². The van der Waals surface area contributed by atoms with E-state index < -0.39 is 0 Å². The maximum atomic E-state index is 5.53. The van der Waals surface area contributed by atoms with Crippen molar-refractivity contribution in [3.05, 3.63) is 58.0 Å². The topological polar surface area (TPSA) is 22.9 Å². The van der Waals surface area contributed by atoms with Crippen LogP contribution in [0.15, 0.2) is 36.4 Å². The number of ether oxygens (including phenoxy) is 2. The fourth-order valence-corrected chi connectivity index (χ4v) is 5.39. The van der Waals surface area contributed by atoms with Gasteiger partial charge in [0.25, 0.3) is 0 Å². The largest absolute Gasteiger partial charge is 0.493 e. The van der Waals surface area contributed by atoms with Crippen LogP contribution in [0.5, 0.6) is 11.5 Å². The fourth-order valence-electron chi connectivity index (χ4n) is 4.13. The molecule has 0 spiro atoms. The average molecular weight is 369 g/mol. The summed E-state index contributed by atoms with van der Waals surface area (Å²) in [5.41, 5.74) is 4.23. The lowest BCUT2D eigenvalue weighted by molar-refractivity contribution is -0.944. The third-order valence-electron chi connectivity index (χ3n) is 5.77. The summed E-state index contributed by atoms with van der Waals surface area (Å²) in [6.07, 6.45) is 1.08. The zero-order valence-electron chi connectivity index (χ0n) is 15.9. The Hall–Kier alpha value is -2.04. The summed E-state index contributed by atoms with van der Waals surface area (Å²) in [5.74, 6) is 1.67. The first kappa shape index (κ1) is 17.4. The van der Waals surface area contributed by atoms with Crippen molar-refractivity contribution in [2.24, 2.45) is 0 Å². The highest BCUT2D eigenvalue weighted by atomic mass is 32.1. The molecule has 0 amide bonds. The molecular weight excluding hydrogens is 342 g/mol. The number of fused-ring (bicyclic) bond motifs is 2. The van der Waals surface area contributed by atoms with Gasteiger partial charge in [0.15, 0.2) is 11.5 Å². The number of hydrogen-bond acceptors (Lipinski definition) is 3. The van der Waals surface area contributed by atoms with Crippen LogP contribution in [0, 0.1) is 6.92 Å². The van der Waals surface area contributed by atoms with Crippen LogP contribution in [0.25, 0.3) is 10.1 Å². The summed E-state index contributed by atoms with van der Waals surface area (Å²) in [6.45, 7) is 6.84. The Balaban J connectivity index is 1.64. The minimum absolute atomic E-state index is 0.447. The van der Waals surface area contributed by atoms with Gasteiger partial charge < -0.3 is 14.4 Å². The molecule has 2 atom stereocenters. The van der Waals surface area contributed by atoms with Crippen LogP contribution >= 0.6 is 11.3 Å². The van der Waals surface area contributed by atoms with Gasteiger partial charge in [-0.15, -0.1) is 11.3 Å². The van der Waals surface area contributed by atoms with E-state index in [1.54, 1.807) is 19.1 Å². The Morgan fingerprint density at radius 2 is 1.85 bits per heavy atom. The van der Waals surface area contributed by atoms with Crippen molar-refractivity contribution >= 4 is 21.4 Å². The Kier molecular flexibility index (Phi) is 4.63. The zero-order valence-corrected chi connectivity index (χ0v) is 16.7. The molecule has 3 nitrogen and oxygen atoms in total. The monoisotopic (exact) mass is 368 g/mol. The molecule has 2 heterocycles. The van der Waals surface area contributed by atoms with Crippen LogP contribution < -0.4 is 14.4 Å². The van der Waals surface area contributed by atoms with Crippen LogP contribution in [0.4, 0.5) is 0 Å². The minimum atomic E-state index is 0.447. The van der Waals surface area contributed by atoms with E-state index >= 15 is 0 Å². The van der Waals surface area contributed by atoms with E-state index in [0.717, 1.165) is 31.0 Å². The average Bonchev–Trinajstić information content (AvgIpc) is 2.99. The molecule has 26 heavy (non-hydrogen) atoms. The third-order valence-corrected chi connectivity index (χ3v) is 7.04. The molecule has 1 aliphatic rings. The minimum Gasteiger partial charge on any atom is -0.493 e. The van der Waals surface area contributed by atoms with E-state index in [4.69, 9.17) is 9.47 Å². The molecule has 0 radical (unpaired) electrons. The van der Waals surface area contributed by atoms with E-state index in [1.807, 2.05) is 11.3 Å². The molecule has 136 valence electrons. The van der Waals surface area contributed by atoms with E-state index in [0.29, 0.717) is 6.04 Å². The molecule has 0 bridgehead atoms. The van der Waals surface area contributed by atoms with Crippen LogP contribution in [-0.2, 0) is 13.0 Å². The zero-order chi connectivity index (χ0) is 18.3. The SMILES string of the molecule is COc1cc2c(cc1OC)[C@@H](C)[NH+](Cc1sc3ccccc3c1C)CC2. The summed E-state index contributed by atoms with van der Waals surface area (Å²) in [7, 11) is 3.42. The lowest BCUT2D eigenvalue weighted by atomic mass is 9.92. The molecule has 1 unspecified atom stereocenters. The highest BCUT2D eigenvalue weighted by Crippen LogP contribution is 2.35. The number of aryl methyl sites for hydroxylation is 1. The van der Waals surface area contributed by atoms with Gasteiger partial charge in [0.2, 0.25) is 0 Å². The second-order valence-electron chi connectivity index (χ2n) is 7.11. The Morgan fingerprint density at radius 1 is 1.12 bits per heavy atom. The van der Waals surface area contributed by atoms with E-state index in [9.17, 15) is 0 Å². The molecule has 1 aromatic heterocycles. The van der Waals surface area contributed by atoms with E-state index in [2.05, 4.69) is 50.2 Å². The summed E-state index contributed by atoms with van der Waals surface area (Å²) in [6, 6.07) is 13.5. The predicted molar refractivity (Wildman–Crippen MR) is 108 cm³/mol. The summed E-state index contributed by atoms with van der Waals surface area (Å²) in [4.78, 5) is 3.14. The van der Waals surface area contributed by atoms with Gasteiger partial charge in [0, 0.05) is 16.7 Å². The van der Waals surface area contributed by atoms with Gasteiger partial charge in [-0.25, -0.2) is 0 Å². The molecule has 2 aromatic carbocycles. The maximum absolute atomic E-state index is 5.53. The van der Waals surface area contributed by atoms with Gasteiger partial charge in [-0.1, -0.05) is 18.2 Å². The molecule has 0 saturated heterocycles. The van der Waals surface area contributed by atoms with Gasteiger partial charge in [-0.05, 0) is 48.6 Å². The van der Waals surface area contributed by atoms with Gasteiger partial charge in [-0.2, -0.15) is 0 Å². The Bertz CT molecular complexity index is 947.